The molecule has 3 heterocycles. The lowest BCUT2D eigenvalue weighted by molar-refractivity contribution is 0.102. The molecule has 0 bridgehead atoms. The molecular weight excluding hydrogens is 695 g/mol. The van der Waals surface area contributed by atoms with E-state index in [0.717, 1.165) is 62.1 Å². The molecule has 11 nitrogen and oxygen atoms in total. The van der Waals surface area contributed by atoms with Crippen LogP contribution in [0.25, 0.3) is 22.5 Å². The second-order valence-electron chi connectivity index (χ2n) is 13.4. The van der Waals surface area contributed by atoms with Gasteiger partial charge in [0, 0.05) is 47.9 Å². The molecule has 1 amide bonds. The Morgan fingerprint density at radius 3 is 1.98 bits per heavy atom. The van der Waals surface area contributed by atoms with Crippen molar-refractivity contribution in [1.82, 2.24) is 20.5 Å². The molecular formula is C44H43N5O6. The summed E-state index contributed by atoms with van der Waals surface area (Å²) in [6, 6.07) is 30.8. The summed E-state index contributed by atoms with van der Waals surface area (Å²) in [4.78, 5) is 12.9. The van der Waals surface area contributed by atoms with Crippen molar-refractivity contribution in [3.8, 4) is 34.0 Å². The number of carbonyl (C=O) groups is 1. The fraction of sp³-hybridized carbons (Fsp3) is 0.227. The summed E-state index contributed by atoms with van der Waals surface area (Å²) in [6.07, 6.45) is 1.08. The summed E-state index contributed by atoms with van der Waals surface area (Å²) in [5, 5.41) is 19.1. The number of aromatic amines is 1. The molecule has 0 aliphatic heterocycles. The number of amides is 1. The molecule has 0 saturated carbocycles. The first kappa shape index (κ1) is 36.9. The van der Waals surface area contributed by atoms with E-state index in [1.807, 2.05) is 62.4 Å². The number of aryl methyl sites for hydroxylation is 5. The number of methoxy groups -OCH3 is 1. The van der Waals surface area contributed by atoms with E-state index in [0.29, 0.717) is 48.8 Å². The SMILES string of the molecule is COCc1ccccc1NC(=O)c1ccc(OCc2c(C)noc2CCc2onc(C)c2COc2ccc(-c3cc(-c4cccc(C)c4C)[nH]n3)cc2)cc1. The van der Waals surface area contributed by atoms with Crippen molar-refractivity contribution in [2.75, 3.05) is 12.4 Å². The fourth-order valence-corrected chi connectivity index (χ4v) is 6.37. The number of benzene rings is 4. The zero-order chi connectivity index (χ0) is 38.3. The molecule has 0 unspecified atom stereocenters. The van der Waals surface area contributed by atoms with Crippen LogP contribution in [0.4, 0.5) is 5.69 Å². The maximum absolute atomic E-state index is 12.9. The van der Waals surface area contributed by atoms with E-state index in [4.69, 9.17) is 23.3 Å². The molecule has 11 heteroatoms. The highest BCUT2D eigenvalue weighted by Gasteiger charge is 2.19. The first-order valence-electron chi connectivity index (χ1n) is 18.1. The number of carbonyl (C=O) groups excluding carboxylic acids is 1. The van der Waals surface area contributed by atoms with Gasteiger partial charge in [-0.05, 0) is 99.5 Å². The van der Waals surface area contributed by atoms with Crippen LogP contribution in [0.15, 0.2) is 106 Å². The Balaban J connectivity index is 0.930. The van der Waals surface area contributed by atoms with E-state index in [1.54, 1.807) is 31.4 Å². The van der Waals surface area contributed by atoms with Crippen molar-refractivity contribution in [1.29, 1.82) is 0 Å². The minimum Gasteiger partial charge on any atom is -0.489 e. The number of rotatable bonds is 15. The lowest BCUT2D eigenvalue weighted by Crippen LogP contribution is -2.13. The second-order valence-corrected chi connectivity index (χ2v) is 13.4. The molecule has 7 rings (SSSR count). The number of anilines is 1. The van der Waals surface area contributed by atoms with Crippen LogP contribution in [-0.4, -0.2) is 33.5 Å². The van der Waals surface area contributed by atoms with Gasteiger partial charge in [-0.25, -0.2) is 0 Å². The van der Waals surface area contributed by atoms with Gasteiger partial charge in [0.2, 0.25) is 0 Å². The molecule has 280 valence electrons. The van der Waals surface area contributed by atoms with E-state index in [1.165, 1.54) is 11.1 Å². The molecule has 0 aliphatic rings. The summed E-state index contributed by atoms with van der Waals surface area (Å²) in [5.41, 5.74) is 11.9. The molecule has 3 aromatic heterocycles. The lowest BCUT2D eigenvalue weighted by atomic mass is 10.0. The topological polar surface area (TPSA) is 138 Å². The summed E-state index contributed by atoms with van der Waals surface area (Å²) < 4.78 is 29.0. The molecule has 7 aromatic rings. The zero-order valence-corrected chi connectivity index (χ0v) is 31.6. The van der Waals surface area contributed by atoms with Crippen LogP contribution in [0, 0.1) is 27.7 Å². The van der Waals surface area contributed by atoms with Crippen molar-refractivity contribution >= 4 is 11.6 Å². The van der Waals surface area contributed by atoms with Crippen LogP contribution >= 0.6 is 0 Å². The minimum atomic E-state index is -0.217. The van der Waals surface area contributed by atoms with Crippen molar-refractivity contribution < 1.29 is 28.1 Å². The summed E-state index contributed by atoms with van der Waals surface area (Å²) in [6.45, 7) is 9.01. The predicted octanol–water partition coefficient (Wildman–Crippen LogP) is 9.30. The van der Waals surface area contributed by atoms with Gasteiger partial charge in [-0.15, -0.1) is 0 Å². The van der Waals surface area contributed by atoms with Gasteiger partial charge in [0.15, 0.2) is 0 Å². The van der Waals surface area contributed by atoms with Crippen LogP contribution in [0.1, 0.15) is 61.1 Å². The second kappa shape index (κ2) is 16.7. The average Bonchev–Trinajstić information content (AvgIpc) is 3.93. The molecule has 0 saturated heterocycles. The Kier molecular flexibility index (Phi) is 11.2. The van der Waals surface area contributed by atoms with Crippen molar-refractivity contribution in [2.24, 2.45) is 0 Å². The number of hydrogen-bond acceptors (Lipinski definition) is 9. The zero-order valence-electron chi connectivity index (χ0n) is 31.6. The van der Waals surface area contributed by atoms with Crippen molar-refractivity contribution in [2.45, 2.75) is 60.4 Å². The molecule has 0 radical (unpaired) electrons. The van der Waals surface area contributed by atoms with Crippen molar-refractivity contribution in [3.63, 3.8) is 0 Å². The predicted molar refractivity (Wildman–Crippen MR) is 209 cm³/mol. The third-order valence-electron chi connectivity index (χ3n) is 9.78. The standard InChI is InChI=1S/C44H43N5O6/c1-27-9-8-11-36(28(27)2)41-23-40(46-47-41)31-13-17-34(18-14-31)52-25-37-29(3)48-54-42(37)21-22-43-38(30(4)49-55-43)26-53-35-19-15-32(16-20-35)44(50)45-39-12-7-6-10-33(39)24-51-5/h6-20,23H,21-22,24-26H2,1-5H3,(H,45,50)(H,46,47). The van der Waals surface area contributed by atoms with Crippen LogP contribution < -0.4 is 14.8 Å². The first-order chi connectivity index (χ1) is 26.8. The number of ether oxygens (including phenoxy) is 3. The minimum absolute atomic E-state index is 0.217. The van der Waals surface area contributed by atoms with E-state index >= 15 is 0 Å². The molecule has 0 atom stereocenters. The van der Waals surface area contributed by atoms with Gasteiger partial charge in [-0.3, -0.25) is 9.89 Å². The smallest absolute Gasteiger partial charge is 0.255 e. The van der Waals surface area contributed by atoms with E-state index in [2.05, 4.69) is 63.9 Å². The van der Waals surface area contributed by atoms with Gasteiger partial charge in [0.05, 0.1) is 40.5 Å². The van der Waals surface area contributed by atoms with Crippen LogP contribution in [-0.2, 0) is 37.4 Å². The Labute approximate surface area is 319 Å². The number of nitrogens with zero attached hydrogens (tertiary/aromatic N) is 3. The van der Waals surface area contributed by atoms with E-state index < -0.39 is 0 Å². The highest BCUT2D eigenvalue weighted by atomic mass is 16.5. The van der Waals surface area contributed by atoms with Crippen LogP contribution in [0.2, 0.25) is 0 Å². The quantitative estimate of drug-likeness (QED) is 0.105. The maximum Gasteiger partial charge on any atom is 0.255 e. The van der Waals surface area contributed by atoms with Gasteiger partial charge in [0.25, 0.3) is 5.91 Å². The molecule has 2 N–H and O–H groups in total. The fourth-order valence-electron chi connectivity index (χ4n) is 6.37. The van der Waals surface area contributed by atoms with Crippen molar-refractivity contribution in [3.05, 3.63) is 153 Å². The van der Waals surface area contributed by atoms with Crippen LogP contribution in [0.3, 0.4) is 0 Å². The number of H-pyrrole nitrogens is 1. The summed E-state index contributed by atoms with van der Waals surface area (Å²) in [7, 11) is 1.62. The first-order valence-corrected chi connectivity index (χ1v) is 18.1. The van der Waals surface area contributed by atoms with Gasteiger partial charge in [-0.1, -0.05) is 46.7 Å². The number of aromatic nitrogens is 4. The lowest BCUT2D eigenvalue weighted by Gasteiger charge is -2.11. The number of para-hydroxylation sites is 1. The van der Waals surface area contributed by atoms with Gasteiger partial charge >= 0.3 is 0 Å². The normalized spacial score (nSPS) is 11.1. The highest BCUT2D eigenvalue weighted by molar-refractivity contribution is 6.04. The van der Waals surface area contributed by atoms with Gasteiger partial charge in [0.1, 0.15) is 36.2 Å². The Morgan fingerprint density at radius 1 is 0.727 bits per heavy atom. The van der Waals surface area contributed by atoms with E-state index in [9.17, 15) is 4.79 Å². The number of nitrogens with one attached hydrogen (secondary N) is 2. The maximum atomic E-state index is 12.9. The molecule has 0 aliphatic carbocycles. The average molecular weight is 738 g/mol. The summed E-state index contributed by atoms with van der Waals surface area (Å²) in [5.74, 6) is 2.56. The Morgan fingerprint density at radius 2 is 1.35 bits per heavy atom. The molecule has 0 spiro atoms. The third kappa shape index (κ3) is 8.53. The van der Waals surface area contributed by atoms with E-state index in [-0.39, 0.29) is 12.5 Å². The summed E-state index contributed by atoms with van der Waals surface area (Å²) >= 11 is 0. The third-order valence-corrected chi connectivity index (χ3v) is 9.78. The largest absolute Gasteiger partial charge is 0.489 e. The Hall–Kier alpha value is -6.46. The van der Waals surface area contributed by atoms with Crippen LogP contribution in [0.5, 0.6) is 11.5 Å². The van der Waals surface area contributed by atoms with Gasteiger partial charge in [-0.2, -0.15) is 5.10 Å². The molecule has 0 fully saturated rings. The molecule has 4 aromatic carbocycles. The van der Waals surface area contributed by atoms with Gasteiger partial charge < -0.3 is 28.6 Å². The molecule has 55 heavy (non-hydrogen) atoms. The monoisotopic (exact) mass is 737 g/mol. The number of hydrogen-bond donors (Lipinski definition) is 2. The highest BCUT2D eigenvalue weighted by Crippen LogP contribution is 2.29. The Bertz CT molecular complexity index is 2390.